The van der Waals surface area contributed by atoms with Crippen molar-refractivity contribution in [2.75, 3.05) is 20.2 Å². The van der Waals surface area contributed by atoms with Crippen molar-refractivity contribution in [2.45, 2.75) is 24.7 Å². The lowest BCUT2D eigenvalue weighted by atomic mass is 9.96. The van der Waals surface area contributed by atoms with Gasteiger partial charge in [0, 0.05) is 6.54 Å². The Kier molecular flexibility index (Phi) is 2.84. The van der Waals surface area contributed by atoms with Gasteiger partial charge in [-0.1, -0.05) is 0 Å². The molecule has 1 unspecified atom stereocenters. The summed E-state index contributed by atoms with van der Waals surface area (Å²) in [6.45, 7) is 0.623. The number of rotatable bonds is 2. The molecule has 1 fully saturated rings. The second-order valence-corrected chi connectivity index (χ2v) is 3.06. The Hall–Kier alpha value is -0.160. The van der Waals surface area contributed by atoms with Gasteiger partial charge in [0.1, 0.15) is 11.8 Å². The summed E-state index contributed by atoms with van der Waals surface area (Å²) in [7, 11) is 1.84. The summed E-state index contributed by atoms with van der Waals surface area (Å²) in [5, 5.41) is 12.6. The van der Waals surface area contributed by atoms with E-state index in [1.165, 1.54) is 0 Å². The summed E-state index contributed by atoms with van der Waals surface area (Å²) in [4.78, 5) is 0. The lowest BCUT2D eigenvalue weighted by Gasteiger charge is -2.34. The van der Waals surface area contributed by atoms with Crippen LogP contribution in [0.15, 0.2) is 0 Å². The molecule has 0 bridgehead atoms. The molecule has 4 N–H and O–H groups in total. The number of aliphatic hydroxyl groups is 1. The molecule has 0 spiro atoms. The molecule has 0 aliphatic carbocycles. The summed E-state index contributed by atoms with van der Waals surface area (Å²) in [6.07, 6.45) is 1.63. The van der Waals surface area contributed by atoms with Gasteiger partial charge in [0.15, 0.2) is 0 Å². The van der Waals surface area contributed by atoms with Gasteiger partial charge in [-0.05, 0) is 19.9 Å². The van der Waals surface area contributed by atoms with E-state index in [0.29, 0.717) is 6.61 Å². The minimum absolute atomic E-state index is 0.0850. The summed E-state index contributed by atoms with van der Waals surface area (Å²) in [6, 6.07) is 0. The molecule has 0 radical (unpaired) electrons. The van der Waals surface area contributed by atoms with Gasteiger partial charge in [0.05, 0.1) is 6.61 Å². The number of nitrogens with one attached hydrogen (secondary N) is 1. The Bertz CT molecular complexity index is 122. The maximum Gasteiger partial charge on any atom is 0.108 e. The van der Waals surface area contributed by atoms with Crippen LogP contribution in [0.25, 0.3) is 0 Å². The van der Waals surface area contributed by atoms with Gasteiger partial charge in [-0.3, -0.25) is 5.32 Å². The van der Waals surface area contributed by atoms with Crippen molar-refractivity contribution in [1.29, 1.82) is 0 Å². The summed E-state index contributed by atoms with van der Waals surface area (Å²) in [5.74, 6) is 0. The van der Waals surface area contributed by atoms with Crippen molar-refractivity contribution in [3.05, 3.63) is 0 Å². The van der Waals surface area contributed by atoms with Gasteiger partial charge in [-0.25, -0.2) is 0 Å². The highest BCUT2D eigenvalue weighted by molar-refractivity contribution is 4.83. The summed E-state index contributed by atoms with van der Waals surface area (Å²) < 4.78 is 5.29. The average molecular weight is 160 g/mol. The van der Waals surface area contributed by atoms with Crippen LogP contribution < -0.4 is 11.1 Å². The molecule has 0 saturated carbocycles. The van der Waals surface area contributed by atoms with Gasteiger partial charge < -0.3 is 15.6 Å². The second-order valence-electron chi connectivity index (χ2n) is 3.06. The quantitative estimate of drug-likeness (QED) is 0.486. The lowest BCUT2D eigenvalue weighted by Crippen LogP contribution is -2.50. The molecule has 0 aromatic heterocycles. The van der Waals surface area contributed by atoms with Crippen molar-refractivity contribution < 1.29 is 9.84 Å². The van der Waals surface area contributed by atoms with Crippen LogP contribution in [-0.2, 0) is 4.74 Å². The third-order valence-corrected chi connectivity index (χ3v) is 2.13. The molecular formula is C7H16N2O2. The molecule has 4 nitrogen and oxygen atoms in total. The van der Waals surface area contributed by atoms with E-state index in [1.807, 2.05) is 7.05 Å². The third-order valence-electron chi connectivity index (χ3n) is 2.13. The van der Waals surface area contributed by atoms with E-state index >= 15 is 0 Å². The number of hydrogen-bond acceptors (Lipinski definition) is 4. The predicted octanol–water partition coefficient (Wildman–Crippen LogP) is -0.968. The standard InChI is InChI=1S/C7H16N2O2/c1-9-6-2-3-7(10,4-8)5-11-6/h6,9-10H,2-5,8H2,1H3/t6-,7?/m1/s1. The second kappa shape index (κ2) is 3.49. The first-order chi connectivity index (χ1) is 5.20. The van der Waals surface area contributed by atoms with Crippen LogP contribution in [0.1, 0.15) is 12.8 Å². The van der Waals surface area contributed by atoms with Crippen LogP contribution >= 0.6 is 0 Å². The molecule has 4 heteroatoms. The van der Waals surface area contributed by atoms with E-state index in [0.717, 1.165) is 12.8 Å². The Labute approximate surface area is 66.7 Å². The van der Waals surface area contributed by atoms with Crippen LogP contribution in [0, 0.1) is 0 Å². The van der Waals surface area contributed by atoms with Gasteiger partial charge in [0.25, 0.3) is 0 Å². The van der Waals surface area contributed by atoms with E-state index < -0.39 is 5.60 Å². The first kappa shape index (κ1) is 8.93. The summed E-state index contributed by atoms with van der Waals surface area (Å²) in [5.41, 5.74) is 4.59. The molecule has 2 atom stereocenters. The maximum absolute atomic E-state index is 9.62. The van der Waals surface area contributed by atoms with Gasteiger partial charge >= 0.3 is 0 Å². The fourth-order valence-corrected chi connectivity index (χ4v) is 1.20. The van der Waals surface area contributed by atoms with Crippen LogP contribution in [0.4, 0.5) is 0 Å². The molecule has 1 heterocycles. The molecule has 1 aliphatic heterocycles. The zero-order valence-electron chi connectivity index (χ0n) is 6.84. The van der Waals surface area contributed by atoms with E-state index in [1.54, 1.807) is 0 Å². The first-order valence-electron chi connectivity index (χ1n) is 3.91. The largest absolute Gasteiger partial charge is 0.386 e. The molecule has 1 aliphatic rings. The maximum atomic E-state index is 9.62. The van der Waals surface area contributed by atoms with E-state index in [2.05, 4.69) is 5.32 Å². The monoisotopic (exact) mass is 160 g/mol. The predicted molar refractivity (Wildman–Crippen MR) is 42.0 cm³/mol. The zero-order chi connectivity index (χ0) is 8.32. The van der Waals surface area contributed by atoms with E-state index in [4.69, 9.17) is 10.5 Å². The van der Waals surface area contributed by atoms with E-state index in [-0.39, 0.29) is 12.8 Å². The highest BCUT2D eigenvalue weighted by Crippen LogP contribution is 2.20. The topological polar surface area (TPSA) is 67.5 Å². The number of ether oxygens (including phenoxy) is 1. The first-order valence-corrected chi connectivity index (χ1v) is 3.91. The molecule has 66 valence electrons. The molecule has 1 saturated heterocycles. The minimum atomic E-state index is -0.784. The van der Waals surface area contributed by atoms with Crippen LogP contribution in [0.5, 0.6) is 0 Å². The average Bonchev–Trinajstić information content (AvgIpc) is 2.06. The van der Waals surface area contributed by atoms with Crippen molar-refractivity contribution >= 4 is 0 Å². The molecule has 11 heavy (non-hydrogen) atoms. The van der Waals surface area contributed by atoms with E-state index in [9.17, 15) is 5.11 Å². The van der Waals surface area contributed by atoms with Crippen LogP contribution in [0.2, 0.25) is 0 Å². The summed E-state index contributed by atoms with van der Waals surface area (Å²) >= 11 is 0. The Balaban J connectivity index is 2.35. The molecular weight excluding hydrogens is 144 g/mol. The number of nitrogens with two attached hydrogens (primary N) is 1. The number of hydrogen-bond donors (Lipinski definition) is 3. The van der Waals surface area contributed by atoms with Crippen molar-refractivity contribution in [1.82, 2.24) is 5.32 Å². The molecule has 0 amide bonds. The molecule has 0 aromatic carbocycles. The van der Waals surface area contributed by atoms with Crippen LogP contribution in [0.3, 0.4) is 0 Å². The van der Waals surface area contributed by atoms with Crippen LogP contribution in [-0.4, -0.2) is 37.1 Å². The van der Waals surface area contributed by atoms with Gasteiger partial charge in [-0.2, -0.15) is 0 Å². The zero-order valence-corrected chi connectivity index (χ0v) is 6.84. The Morgan fingerprint density at radius 1 is 1.82 bits per heavy atom. The Morgan fingerprint density at radius 3 is 2.91 bits per heavy atom. The molecule has 1 rings (SSSR count). The highest BCUT2D eigenvalue weighted by Gasteiger charge is 2.31. The fourth-order valence-electron chi connectivity index (χ4n) is 1.20. The van der Waals surface area contributed by atoms with Crippen molar-refractivity contribution in [3.63, 3.8) is 0 Å². The fraction of sp³-hybridized carbons (Fsp3) is 1.00. The van der Waals surface area contributed by atoms with Crippen molar-refractivity contribution in [2.24, 2.45) is 5.73 Å². The smallest absolute Gasteiger partial charge is 0.108 e. The third kappa shape index (κ3) is 2.13. The van der Waals surface area contributed by atoms with Gasteiger partial charge in [0.2, 0.25) is 0 Å². The normalized spacial score (nSPS) is 39.0. The Morgan fingerprint density at radius 2 is 2.55 bits per heavy atom. The highest BCUT2D eigenvalue weighted by atomic mass is 16.5. The minimum Gasteiger partial charge on any atom is -0.386 e. The lowest BCUT2D eigenvalue weighted by molar-refractivity contribution is -0.121. The SMILES string of the molecule is CN[C@H]1CCC(O)(CN)CO1. The van der Waals surface area contributed by atoms with Gasteiger partial charge in [-0.15, -0.1) is 0 Å². The molecule has 0 aromatic rings. The van der Waals surface area contributed by atoms with Crippen molar-refractivity contribution in [3.8, 4) is 0 Å².